The van der Waals surface area contributed by atoms with Crippen LogP contribution in [-0.4, -0.2) is 12.7 Å². The highest BCUT2D eigenvalue weighted by Crippen LogP contribution is 2.25. The third kappa shape index (κ3) is 4.98. The highest BCUT2D eigenvalue weighted by molar-refractivity contribution is 6.00. The molecule has 0 heterocycles. The molecule has 3 aromatic rings. The molecule has 0 fully saturated rings. The molecule has 0 aliphatic heterocycles. The molecule has 0 aromatic heterocycles. The Morgan fingerprint density at radius 1 is 0.808 bits per heavy atom. The van der Waals surface area contributed by atoms with E-state index < -0.39 is 0 Å². The number of carbonyl (C=O) groups excluding carboxylic acids is 1. The van der Waals surface area contributed by atoms with Gasteiger partial charge in [-0.3, -0.25) is 5.32 Å². The molecule has 0 saturated carbocycles. The van der Waals surface area contributed by atoms with Crippen molar-refractivity contribution >= 4 is 33.3 Å². The minimum Gasteiger partial charge on any atom is -0.449 e. The van der Waals surface area contributed by atoms with E-state index in [2.05, 4.69) is 36.5 Å². The second-order valence-electron chi connectivity index (χ2n) is 6.79. The Balaban J connectivity index is 1.53. The molecule has 3 heteroatoms. The molecular formula is C23H27NO2. The number of unbranched alkanes of at least 4 members (excludes halogenated alkanes) is 5. The van der Waals surface area contributed by atoms with Gasteiger partial charge in [0.2, 0.25) is 0 Å². The zero-order chi connectivity index (χ0) is 18.2. The number of ether oxygens (including phenoxy) is 1. The van der Waals surface area contributed by atoms with Crippen LogP contribution in [0, 0.1) is 0 Å². The van der Waals surface area contributed by atoms with E-state index in [-0.39, 0.29) is 6.09 Å². The summed E-state index contributed by atoms with van der Waals surface area (Å²) in [4.78, 5) is 12.0. The smallest absolute Gasteiger partial charge is 0.411 e. The van der Waals surface area contributed by atoms with Crippen molar-refractivity contribution in [1.29, 1.82) is 0 Å². The molecule has 1 N–H and O–H groups in total. The predicted molar refractivity (Wildman–Crippen MR) is 110 cm³/mol. The molecule has 0 radical (unpaired) electrons. The van der Waals surface area contributed by atoms with Gasteiger partial charge in [-0.25, -0.2) is 4.79 Å². The van der Waals surface area contributed by atoms with Crippen LogP contribution in [0.3, 0.4) is 0 Å². The van der Waals surface area contributed by atoms with Gasteiger partial charge in [0.1, 0.15) is 0 Å². The highest BCUT2D eigenvalue weighted by atomic mass is 16.5. The average molecular weight is 349 g/mol. The van der Waals surface area contributed by atoms with Crippen molar-refractivity contribution in [2.24, 2.45) is 0 Å². The number of amides is 1. The Hall–Kier alpha value is -2.55. The number of hydrogen-bond acceptors (Lipinski definition) is 2. The van der Waals surface area contributed by atoms with Crippen LogP contribution in [0.5, 0.6) is 0 Å². The molecule has 0 atom stereocenters. The van der Waals surface area contributed by atoms with E-state index in [1.165, 1.54) is 36.5 Å². The Morgan fingerprint density at radius 2 is 1.46 bits per heavy atom. The topological polar surface area (TPSA) is 38.3 Å². The van der Waals surface area contributed by atoms with Crippen LogP contribution >= 0.6 is 0 Å². The molecular weight excluding hydrogens is 322 g/mol. The molecule has 0 aliphatic carbocycles. The zero-order valence-electron chi connectivity index (χ0n) is 15.5. The Bertz CT molecular complexity index is 872. The largest absolute Gasteiger partial charge is 0.449 e. The number of carbonyl (C=O) groups is 1. The number of fused-ring (bicyclic) bond motifs is 2. The minimum atomic E-state index is -0.376. The maximum Gasteiger partial charge on any atom is 0.411 e. The van der Waals surface area contributed by atoms with Gasteiger partial charge in [-0.05, 0) is 52.2 Å². The maximum absolute atomic E-state index is 12.0. The first kappa shape index (κ1) is 18.2. The summed E-state index contributed by atoms with van der Waals surface area (Å²) in [5, 5.41) is 7.52. The Kier molecular flexibility index (Phi) is 6.48. The van der Waals surface area contributed by atoms with E-state index in [1.54, 1.807) is 0 Å². The van der Waals surface area contributed by atoms with Gasteiger partial charge in [0.05, 0.1) is 6.61 Å². The summed E-state index contributed by atoms with van der Waals surface area (Å²) in [6, 6.07) is 18.6. The molecule has 0 spiro atoms. The lowest BCUT2D eigenvalue weighted by molar-refractivity contribution is 0.159. The third-order valence-electron chi connectivity index (χ3n) is 4.68. The van der Waals surface area contributed by atoms with Gasteiger partial charge in [-0.2, -0.15) is 0 Å². The lowest BCUT2D eigenvalue weighted by atomic mass is 10.0. The van der Waals surface area contributed by atoms with Crippen molar-refractivity contribution in [2.45, 2.75) is 45.4 Å². The molecule has 0 unspecified atom stereocenters. The fourth-order valence-corrected chi connectivity index (χ4v) is 3.22. The number of anilines is 1. The van der Waals surface area contributed by atoms with Gasteiger partial charge in [-0.15, -0.1) is 0 Å². The molecule has 3 rings (SSSR count). The molecule has 1 amide bonds. The van der Waals surface area contributed by atoms with Crippen LogP contribution in [0.4, 0.5) is 10.5 Å². The van der Waals surface area contributed by atoms with Gasteiger partial charge in [0.25, 0.3) is 0 Å². The standard InChI is InChI=1S/C23H27NO2/c1-2-3-4-5-6-9-14-26-23(25)24-22-13-12-20-15-18-10-7-8-11-19(18)16-21(20)17-22/h7-8,10-13,15-17H,2-6,9,14H2,1H3,(H,24,25). The van der Waals surface area contributed by atoms with Gasteiger partial charge < -0.3 is 4.74 Å². The zero-order valence-corrected chi connectivity index (χ0v) is 15.5. The van der Waals surface area contributed by atoms with Crippen LogP contribution in [0.25, 0.3) is 21.5 Å². The van der Waals surface area contributed by atoms with Gasteiger partial charge >= 0.3 is 6.09 Å². The molecule has 0 bridgehead atoms. The van der Waals surface area contributed by atoms with Crippen molar-refractivity contribution in [3.05, 3.63) is 54.6 Å². The summed E-state index contributed by atoms with van der Waals surface area (Å²) >= 11 is 0. The van der Waals surface area contributed by atoms with Crippen molar-refractivity contribution < 1.29 is 9.53 Å². The third-order valence-corrected chi connectivity index (χ3v) is 4.68. The average Bonchev–Trinajstić information content (AvgIpc) is 2.65. The Morgan fingerprint density at radius 3 is 2.23 bits per heavy atom. The minimum absolute atomic E-state index is 0.376. The molecule has 0 aliphatic rings. The quantitative estimate of drug-likeness (QED) is 0.355. The van der Waals surface area contributed by atoms with E-state index in [0.29, 0.717) is 6.61 Å². The van der Waals surface area contributed by atoms with Gasteiger partial charge in [0, 0.05) is 5.69 Å². The lowest BCUT2D eigenvalue weighted by Gasteiger charge is -2.09. The summed E-state index contributed by atoms with van der Waals surface area (Å²) in [7, 11) is 0. The monoisotopic (exact) mass is 349 g/mol. The van der Waals surface area contributed by atoms with Crippen molar-refractivity contribution in [3.8, 4) is 0 Å². The fourth-order valence-electron chi connectivity index (χ4n) is 3.22. The van der Waals surface area contributed by atoms with Crippen LogP contribution in [-0.2, 0) is 4.74 Å². The number of benzene rings is 3. The second-order valence-corrected chi connectivity index (χ2v) is 6.79. The van der Waals surface area contributed by atoms with E-state index in [9.17, 15) is 4.79 Å². The molecule has 3 aromatic carbocycles. The maximum atomic E-state index is 12.0. The summed E-state index contributed by atoms with van der Waals surface area (Å²) in [5.41, 5.74) is 0.765. The van der Waals surface area contributed by atoms with Crippen LogP contribution in [0.2, 0.25) is 0 Å². The number of rotatable bonds is 8. The van der Waals surface area contributed by atoms with E-state index in [1.807, 2.05) is 30.3 Å². The molecule has 26 heavy (non-hydrogen) atoms. The van der Waals surface area contributed by atoms with Crippen LogP contribution in [0.1, 0.15) is 45.4 Å². The summed E-state index contributed by atoms with van der Waals surface area (Å²) < 4.78 is 5.28. The molecule has 136 valence electrons. The van der Waals surface area contributed by atoms with Gasteiger partial charge in [-0.1, -0.05) is 69.4 Å². The summed E-state index contributed by atoms with van der Waals surface area (Å²) in [6.07, 6.45) is 6.71. The first-order chi connectivity index (χ1) is 12.8. The number of hydrogen-bond donors (Lipinski definition) is 1. The SMILES string of the molecule is CCCCCCCCOC(=O)Nc1ccc2cc3ccccc3cc2c1. The summed E-state index contributed by atoms with van der Waals surface area (Å²) in [5.74, 6) is 0. The van der Waals surface area contributed by atoms with Crippen molar-refractivity contribution in [3.63, 3.8) is 0 Å². The van der Waals surface area contributed by atoms with Crippen molar-refractivity contribution in [1.82, 2.24) is 0 Å². The molecule has 0 saturated heterocycles. The first-order valence-corrected chi connectivity index (χ1v) is 9.62. The van der Waals surface area contributed by atoms with E-state index in [4.69, 9.17) is 4.74 Å². The van der Waals surface area contributed by atoms with Gasteiger partial charge in [0.15, 0.2) is 0 Å². The van der Waals surface area contributed by atoms with Crippen molar-refractivity contribution in [2.75, 3.05) is 11.9 Å². The highest BCUT2D eigenvalue weighted by Gasteiger charge is 2.05. The first-order valence-electron chi connectivity index (χ1n) is 9.62. The van der Waals surface area contributed by atoms with E-state index >= 15 is 0 Å². The Labute approximate surface area is 155 Å². The lowest BCUT2D eigenvalue weighted by Crippen LogP contribution is -2.14. The normalized spacial score (nSPS) is 11.0. The van der Waals surface area contributed by atoms with E-state index in [0.717, 1.165) is 29.3 Å². The molecule has 3 nitrogen and oxygen atoms in total. The van der Waals surface area contributed by atoms with Crippen LogP contribution < -0.4 is 5.32 Å². The second kappa shape index (κ2) is 9.23. The van der Waals surface area contributed by atoms with Crippen LogP contribution in [0.15, 0.2) is 54.6 Å². The summed E-state index contributed by atoms with van der Waals surface area (Å²) in [6.45, 7) is 2.69. The fraction of sp³-hybridized carbons (Fsp3) is 0.348. The predicted octanol–water partition coefficient (Wildman–Crippen LogP) is 6.90. The number of nitrogens with one attached hydrogen (secondary N) is 1.